The molecule has 2 atom stereocenters. The first-order valence-electron chi connectivity index (χ1n) is 13.5. The lowest BCUT2D eigenvalue weighted by Gasteiger charge is -2.33. The number of carboxylic acids is 1. The van der Waals surface area contributed by atoms with E-state index in [1.54, 1.807) is 45.3 Å². The number of nitrogens with one attached hydrogen (secondary N) is 1. The standard InChI is InChI=1S/C29H36N6O6/c1-6-34(7-2)27-30-17-23(35-25(36)22-11-9-8-10-20(22)18-40-35)24(31-27)32-29(3,26(37)38)16-19-12-14-21(15-13-19)41-28(39)33(4)5/h8-14,17,21H,6-7,15-16,18H2,1-5H3,(H,37,38)(H,30,31,32)/t21?,29-/m0/s1. The Morgan fingerprint density at radius 2 is 1.98 bits per heavy atom. The van der Waals surface area contributed by atoms with Crippen LogP contribution in [0.15, 0.2) is 54.3 Å². The third kappa shape index (κ3) is 6.49. The summed E-state index contributed by atoms with van der Waals surface area (Å²) in [5.41, 5.74) is 0.671. The predicted molar refractivity (Wildman–Crippen MR) is 154 cm³/mol. The van der Waals surface area contributed by atoms with E-state index < -0.39 is 29.6 Å². The van der Waals surface area contributed by atoms with Crippen LogP contribution in [0.25, 0.3) is 0 Å². The smallest absolute Gasteiger partial charge is 0.409 e. The summed E-state index contributed by atoms with van der Waals surface area (Å²) < 4.78 is 5.40. The van der Waals surface area contributed by atoms with Gasteiger partial charge in [-0.2, -0.15) is 10.0 Å². The van der Waals surface area contributed by atoms with Gasteiger partial charge in [-0.25, -0.2) is 14.6 Å². The number of allylic oxidation sites excluding steroid dienone is 1. The van der Waals surface area contributed by atoms with Gasteiger partial charge in [-0.3, -0.25) is 9.63 Å². The maximum Gasteiger partial charge on any atom is 0.409 e. The number of carbonyl (C=O) groups excluding carboxylic acids is 2. The van der Waals surface area contributed by atoms with Crippen molar-refractivity contribution in [2.75, 3.05) is 42.5 Å². The van der Waals surface area contributed by atoms with Gasteiger partial charge in [-0.1, -0.05) is 30.4 Å². The number of amides is 2. The number of hydroxylamine groups is 1. The van der Waals surface area contributed by atoms with Crippen LogP contribution in [0.3, 0.4) is 0 Å². The molecule has 218 valence electrons. The third-order valence-electron chi connectivity index (χ3n) is 6.98. The van der Waals surface area contributed by atoms with Crippen molar-refractivity contribution in [2.24, 2.45) is 0 Å². The summed E-state index contributed by atoms with van der Waals surface area (Å²) in [6.45, 7) is 6.92. The fourth-order valence-electron chi connectivity index (χ4n) is 4.54. The van der Waals surface area contributed by atoms with Crippen molar-refractivity contribution in [2.45, 2.75) is 51.9 Å². The quantitative estimate of drug-likeness (QED) is 0.435. The highest BCUT2D eigenvalue weighted by molar-refractivity contribution is 6.07. The van der Waals surface area contributed by atoms with Crippen LogP contribution in [0.1, 0.15) is 49.5 Å². The molecule has 12 nitrogen and oxygen atoms in total. The third-order valence-corrected chi connectivity index (χ3v) is 6.98. The van der Waals surface area contributed by atoms with Crippen LogP contribution >= 0.6 is 0 Å². The molecule has 4 rings (SSSR count). The zero-order valence-corrected chi connectivity index (χ0v) is 24.0. The van der Waals surface area contributed by atoms with E-state index in [4.69, 9.17) is 9.57 Å². The molecule has 2 N–H and O–H groups in total. The second kappa shape index (κ2) is 12.4. The zero-order valence-electron chi connectivity index (χ0n) is 24.0. The Morgan fingerprint density at radius 3 is 2.61 bits per heavy atom. The normalized spacial score (nSPS) is 17.7. The Balaban J connectivity index is 1.64. The predicted octanol–water partition coefficient (Wildman–Crippen LogP) is 4.01. The van der Waals surface area contributed by atoms with Crippen LogP contribution in [0.4, 0.5) is 22.2 Å². The summed E-state index contributed by atoms with van der Waals surface area (Å²) in [7, 11) is 3.21. The van der Waals surface area contributed by atoms with Gasteiger partial charge in [0.2, 0.25) is 5.95 Å². The van der Waals surface area contributed by atoms with E-state index in [9.17, 15) is 19.5 Å². The van der Waals surface area contributed by atoms with Gasteiger partial charge in [0.15, 0.2) is 5.82 Å². The molecule has 1 unspecified atom stereocenters. The molecule has 2 aromatic rings. The topological polar surface area (TPSA) is 137 Å². The molecule has 1 aliphatic heterocycles. The summed E-state index contributed by atoms with van der Waals surface area (Å²) >= 11 is 0. The highest BCUT2D eigenvalue weighted by Gasteiger charge is 2.38. The van der Waals surface area contributed by atoms with Crippen LogP contribution in [0.2, 0.25) is 0 Å². The fraction of sp³-hybridized carbons (Fsp3) is 0.414. The number of carbonyl (C=O) groups is 3. The lowest BCUT2D eigenvalue weighted by atomic mass is 9.89. The minimum atomic E-state index is -1.52. The van der Waals surface area contributed by atoms with E-state index in [1.165, 1.54) is 11.1 Å². The Labute approximate surface area is 239 Å². The van der Waals surface area contributed by atoms with Crippen molar-refractivity contribution in [3.63, 3.8) is 0 Å². The number of rotatable bonds is 10. The first-order chi connectivity index (χ1) is 19.6. The molecule has 0 saturated heterocycles. The van der Waals surface area contributed by atoms with Gasteiger partial charge >= 0.3 is 12.1 Å². The number of ether oxygens (including phenoxy) is 1. The summed E-state index contributed by atoms with van der Waals surface area (Å²) in [6.07, 6.45) is 6.45. The Morgan fingerprint density at radius 1 is 1.24 bits per heavy atom. The van der Waals surface area contributed by atoms with Gasteiger partial charge in [-0.15, -0.1) is 0 Å². The number of fused-ring (bicyclic) bond motifs is 1. The highest BCUT2D eigenvalue weighted by Crippen LogP contribution is 2.34. The fourth-order valence-corrected chi connectivity index (χ4v) is 4.54. The first-order valence-corrected chi connectivity index (χ1v) is 13.5. The number of benzene rings is 1. The van der Waals surface area contributed by atoms with Crippen molar-refractivity contribution >= 4 is 35.4 Å². The van der Waals surface area contributed by atoms with Gasteiger partial charge in [0.05, 0.1) is 6.20 Å². The van der Waals surface area contributed by atoms with Crippen molar-refractivity contribution in [1.29, 1.82) is 0 Å². The zero-order chi connectivity index (χ0) is 29.7. The molecule has 12 heteroatoms. The van der Waals surface area contributed by atoms with Crippen molar-refractivity contribution in [3.8, 4) is 0 Å². The van der Waals surface area contributed by atoms with Gasteiger partial charge in [0, 0.05) is 45.6 Å². The number of hydrogen-bond acceptors (Lipinski definition) is 9. The van der Waals surface area contributed by atoms with Gasteiger partial charge in [0.1, 0.15) is 23.9 Å². The average Bonchev–Trinajstić information content (AvgIpc) is 2.95. The number of aromatic nitrogens is 2. The van der Waals surface area contributed by atoms with E-state index in [1.807, 2.05) is 37.0 Å². The molecular weight excluding hydrogens is 528 g/mol. The van der Waals surface area contributed by atoms with Crippen molar-refractivity contribution in [3.05, 3.63) is 65.4 Å². The summed E-state index contributed by atoms with van der Waals surface area (Å²) in [6, 6.07) is 7.15. The van der Waals surface area contributed by atoms with Crippen LogP contribution in [-0.2, 0) is 21.0 Å². The molecule has 41 heavy (non-hydrogen) atoms. The van der Waals surface area contributed by atoms with E-state index in [-0.39, 0.29) is 24.5 Å². The Kier molecular flexibility index (Phi) is 8.92. The molecular formula is C29H36N6O6. The van der Waals surface area contributed by atoms with E-state index in [0.29, 0.717) is 31.0 Å². The van der Waals surface area contributed by atoms with E-state index >= 15 is 0 Å². The minimum absolute atomic E-state index is 0.0921. The molecule has 1 aromatic carbocycles. The summed E-state index contributed by atoms with van der Waals surface area (Å²) in [5, 5.41) is 14.6. The minimum Gasteiger partial charge on any atom is -0.480 e. The molecule has 2 amide bonds. The summed E-state index contributed by atoms with van der Waals surface area (Å²) in [4.78, 5) is 56.2. The molecule has 2 heterocycles. The second-order valence-corrected chi connectivity index (χ2v) is 10.2. The maximum atomic E-state index is 13.4. The van der Waals surface area contributed by atoms with Crippen molar-refractivity contribution in [1.82, 2.24) is 14.9 Å². The average molecular weight is 565 g/mol. The summed E-state index contributed by atoms with van der Waals surface area (Å²) in [5.74, 6) is -0.973. The second-order valence-electron chi connectivity index (χ2n) is 10.2. The van der Waals surface area contributed by atoms with Crippen LogP contribution in [0.5, 0.6) is 0 Å². The largest absolute Gasteiger partial charge is 0.480 e. The van der Waals surface area contributed by atoms with Crippen LogP contribution < -0.4 is 15.3 Å². The van der Waals surface area contributed by atoms with Crippen LogP contribution in [-0.4, -0.2) is 76.8 Å². The molecule has 1 aromatic heterocycles. The number of hydrogen-bond donors (Lipinski definition) is 2. The van der Waals surface area contributed by atoms with E-state index in [2.05, 4.69) is 15.3 Å². The lowest BCUT2D eigenvalue weighted by Crippen LogP contribution is -2.45. The first kappa shape index (κ1) is 29.5. The Bertz CT molecular complexity index is 1370. The molecule has 0 saturated carbocycles. The number of carboxylic acid groups (broad SMARTS) is 1. The molecule has 0 bridgehead atoms. The molecule has 0 spiro atoms. The molecule has 1 aliphatic carbocycles. The Hall–Kier alpha value is -4.45. The van der Waals surface area contributed by atoms with Gasteiger partial charge < -0.3 is 25.0 Å². The van der Waals surface area contributed by atoms with Crippen LogP contribution in [0, 0.1) is 0 Å². The van der Waals surface area contributed by atoms with Gasteiger partial charge in [-0.05, 0) is 44.1 Å². The van der Waals surface area contributed by atoms with Crippen molar-refractivity contribution < 1.29 is 29.1 Å². The number of aliphatic carboxylic acids is 1. The SMILES string of the molecule is CCN(CC)c1ncc(N2OCc3ccccc3C2=O)c(N[C@@](C)(CC2=CCC(OC(=O)N(C)C)C=C2)C(=O)O)n1. The lowest BCUT2D eigenvalue weighted by molar-refractivity contribution is -0.141. The molecule has 2 aliphatic rings. The molecule has 0 radical (unpaired) electrons. The van der Waals surface area contributed by atoms with E-state index in [0.717, 1.165) is 16.2 Å². The highest BCUT2D eigenvalue weighted by atomic mass is 16.7. The number of anilines is 3. The van der Waals surface area contributed by atoms with Gasteiger partial charge in [0.25, 0.3) is 5.91 Å². The maximum absolute atomic E-state index is 13.4. The monoisotopic (exact) mass is 564 g/mol. The molecule has 0 fully saturated rings. The number of nitrogens with zero attached hydrogens (tertiary/aromatic N) is 5.